The summed E-state index contributed by atoms with van der Waals surface area (Å²) in [6, 6.07) is 10.7. The molecule has 1 aliphatic heterocycles. The Balaban J connectivity index is 1.79. The minimum atomic E-state index is -0.447. The first-order valence-corrected chi connectivity index (χ1v) is 8.93. The molecule has 126 valence electrons. The summed E-state index contributed by atoms with van der Waals surface area (Å²) in [7, 11) is 1.75. The summed E-state index contributed by atoms with van der Waals surface area (Å²) in [6.07, 6.45) is 0. The molecule has 0 radical (unpaired) electrons. The van der Waals surface area contributed by atoms with Crippen LogP contribution in [0.1, 0.15) is 17.5 Å². The highest BCUT2D eigenvalue weighted by atomic mass is 32.2. The van der Waals surface area contributed by atoms with Gasteiger partial charge in [0.05, 0.1) is 5.88 Å². The van der Waals surface area contributed by atoms with Crippen LogP contribution in [0.4, 0.5) is 0 Å². The number of nitrogens with zero attached hydrogens (tertiary/aromatic N) is 3. The molecule has 0 aliphatic carbocycles. The number of hydrogen-bond acceptors (Lipinski definition) is 5. The van der Waals surface area contributed by atoms with Crippen LogP contribution in [0.25, 0.3) is 11.3 Å². The molecule has 1 unspecified atom stereocenters. The molecule has 0 spiro atoms. The second-order valence-corrected chi connectivity index (χ2v) is 6.59. The number of rotatable bonds is 4. The highest BCUT2D eigenvalue weighted by Crippen LogP contribution is 2.26. The third kappa shape index (κ3) is 3.17. The van der Waals surface area contributed by atoms with E-state index in [1.165, 1.54) is 0 Å². The molecule has 1 aliphatic rings. The number of hydrogen-bond donors (Lipinski definition) is 0. The van der Waals surface area contributed by atoms with Crippen LogP contribution in [-0.4, -0.2) is 58.0 Å². The molecule has 6 nitrogen and oxygen atoms in total. The zero-order valence-corrected chi connectivity index (χ0v) is 14.5. The minimum Gasteiger partial charge on any atom is -0.350 e. The summed E-state index contributed by atoms with van der Waals surface area (Å²) in [5.74, 6) is 0.910. The summed E-state index contributed by atoms with van der Waals surface area (Å²) in [5.41, 5.74) is 1.49. The molecule has 1 fully saturated rings. The topological polar surface area (TPSA) is 66.7 Å². The molecule has 3 rings (SSSR count). The summed E-state index contributed by atoms with van der Waals surface area (Å²) in [4.78, 5) is 28.3. The van der Waals surface area contributed by atoms with E-state index in [9.17, 15) is 9.59 Å². The van der Waals surface area contributed by atoms with Gasteiger partial charge in [-0.2, -0.15) is 0 Å². The van der Waals surface area contributed by atoms with E-state index in [1.54, 1.807) is 34.7 Å². The quantitative estimate of drug-likeness (QED) is 0.851. The molecule has 2 heterocycles. The fourth-order valence-electron chi connectivity index (χ4n) is 2.52. The van der Waals surface area contributed by atoms with E-state index in [0.717, 1.165) is 5.56 Å². The lowest BCUT2D eigenvalue weighted by Gasteiger charge is -2.25. The van der Waals surface area contributed by atoms with Crippen molar-refractivity contribution >= 4 is 23.6 Å². The van der Waals surface area contributed by atoms with Crippen molar-refractivity contribution in [2.75, 3.05) is 25.2 Å². The van der Waals surface area contributed by atoms with Gasteiger partial charge in [0.1, 0.15) is 11.7 Å². The first kappa shape index (κ1) is 16.6. The highest BCUT2D eigenvalue weighted by molar-refractivity contribution is 7.99. The number of likely N-dealkylation sites (N-methyl/N-ethyl adjacent to an activating group) is 1. The zero-order chi connectivity index (χ0) is 17.1. The number of carbonyl (C=O) groups excluding carboxylic acids is 2. The highest BCUT2D eigenvalue weighted by Gasteiger charge is 2.37. The maximum Gasteiger partial charge on any atom is 0.293 e. The number of aromatic nitrogens is 1. The molecule has 1 atom stereocenters. The number of carbonyl (C=O) groups is 2. The third-order valence-corrected chi connectivity index (χ3v) is 5.08. The Morgan fingerprint density at radius 3 is 2.83 bits per heavy atom. The van der Waals surface area contributed by atoms with Crippen LogP contribution in [-0.2, 0) is 4.79 Å². The normalized spacial score (nSPS) is 17.1. The van der Waals surface area contributed by atoms with Crippen molar-refractivity contribution in [3.8, 4) is 11.3 Å². The SMILES string of the molecule is CCN(C)C(=O)C1CSCN1C(=O)c1cc(-c2ccccc2)no1. The minimum absolute atomic E-state index is 0.0429. The molecule has 1 saturated heterocycles. The fraction of sp³-hybridized carbons (Fsp3) is 0.353. The number of benzene rings is 1. The van der Waals surface area contributed by atoms with Gasteiger partial charge < -0.3 is 14.3 Å². The van der Waals surface area contributed by atoms with Crippen LogP contribution in [0.15, 0.2) is 40.9 Å². The van der Waals surface area contributed by atoms with Crippen LogP contribution in [0.3, 0.4) is 0 Å². The molecular formula is C17H19N3O3S. The summed E-state index contributed by atoms with van der Waals surface area (Å²) >= 11 is 1.57. The van der Waals surface area contributed by atoms with Crippen molar-refractivity contribution in [3.63, 3.8) is 0 Å². The van der Waals surface area contributed by atoms with E-state index in [2.05, 4.69) is 5.16 Å². The Labute approximate surface area is 144 Å². The van der Waals surface area contributed by atoms with Crippen LogP contribution < -0.4 is 0 Å². The Morgan fingerprint density at radius 2 is 2.12 bits per heavy atom. The van der Waals surface area contributed by atoms with Gasteiger partial charge in [-0.05, 0) is 6.92 Å². The Morgan fingerprint density at radius 1 is 1.38 bits per heavy atom. The standard InChI is InChI=1S/C17H19N3O3S/c1-3-19(2)16(21)14-10-24-11-20(14)17(22)15-9-13(18-23-15)12-7-5-4-6-8-12/h4-9,14H,3,10-11H2,1-2H3. The van der Waals surface area contributed by atoms with Crippen molar-refractivity contribution in [2.45, 2.75) is 13.0 Å². The van der Waals surface area contributed by atoms with Gasteiger partial charge in [-0.3, -0.25) is 9.59 Å². The average molecular weight is 345 g/mol. The van der Waals surface area contributed by atoms with E-state index < -0.39 is 6.04 Å². The lowest BCUT2D eigenvalue weighted by atomic mass is 10.1. The number of thioether (sulfide) groups is 1. The Bertz CT molecular complexity index is 732. The molecule has 24 heavy (non-hydrogen) atoms. The van der Waals surface area contributed by atoms with Crippen molar-refractivity contribution in [2.24, 2.45) is 0 Å². The average Bonchev–Trinajstić information content (AvgIpc) is 3.30. The molecule has 1 aromatic heterocycles. The fourth-order valence-corrected chi connectivity index (χ4v) is 3.67. The van der Waals surface area contributed by atoms with E-state index in [0.29, 0.717) is 23.9 Å². The second-order valence-electron chi connectivity index (χ2n) is 5.59. The van der Waals surface area contributed by atoms with Gasteiger partial charge in [-0.1, -0.05) is 35.5 Å². The van der Waals surface area contributed by atoms with Crippen LogP contribution in [0.2, 0.25) is 0 Å². The van der Waals surface area contributed by atoms with Gasteiger partial charge >= 0.3 is 0 Å². The van der Waals surface area contributed by atoms with E-state index >= 15 is 0 Å². The molecule has 7 heteroatoms. The maximum atomic E-state index is 12.7. The predicted molar refractivity (Wildman–Crippen MR) is 92.5 cm³/mol. The van der Waals surface area contributed by atoms with Crippen molar-refractivity contribution < 1.29 is 14.1 Å². The largest absolute Gasteiger partial charge is 0.350 e. The van der Waals surface area contributed by atoms with Crippen molar-refractivity contribution in [1.29, 1.82) is 0 Å². The summed E-state index contributed by atoms with van der Waals surface area (Å²) in [6.45, 7) is 2.53. The molecule has 2 aromatic rings. The van der Waals surface area contributed by atoms with Gasteiger partial charge in [0, 0.05) is 31.0 Å². The van der Waals surface area contributed by atoms with Crippen LogP contribution >= 0.6 is 11.8 Å². The molecular weight excluding hydrogens is 326 g/mol. The smallest absolute Gasteiger partial charge is 0.293 e. The predicted octanol–water partition coefficient (Wildman–Crippen LogP) is 2.33. The number of amides is 2. The van der Waals surface area contributed by atoms with Gasteiger partial charge in [0.2, 0.25) is 11.7 Å². The third-order valence-electron chi connectivity index (χ3n) is 4.07. The second kappa shape index (κ2) is 7.09. The van der Waals surface area contributed by atoms with Crippen LogP contribution in [0, 0.1) is 0 Å². The van der Waals surface area contributed by atoms with Crippen LogP contribution in [0.5, 0.6) is 0 Å². The summed E-state index contributed by atoms with van der Waals surface area (Å²) in [5, 5.41) is 3.98. The maximum absolute atomic E-state index is 12.7. The molecule has 0 bridgehead atoms. The molecule has 0 saturated carbocycles. The van der Waals surface area contributed by atoms with Gasteiger partial charge in [-0.15, -0.1) is 11.8 Å². The van der Waals surface area contributed by atoms with Crippen molar-refractivity contribution in [1.82, 2.24) is 15.0 Å². The van der Waals surface area contributed by atoms with Gasteiger partial charge in [0.15, 0.2) is 0 Å². The lowest BCUT2D eigenvalue weighted by Crippen LogP contribution is -2.47. The first-order chi connectivity index (χ1) is 11.6. The van der Waals surface area contributed by atoms with Gasteiger partial charge in [0.25, 0.3) is 5.91 Å². The Hall–Kier alpha value is -2.28. The molecule has 2 amide bonds. The summed E-state index contributed by atoms with van der Waals surface area (Å²) < 4.78 is 5.23. The molecule has 0 N–H and O–H groups in total. The van der Waals surface area contributed by atoms with E-state index in [4.69, 9.17) is 4.52 Å². The lowest BCUT2D eigenvalue weighted by molar-refractivity contribution is -0.133. The van der Waals surface area contributed by atoms with E-state index in [1.807, 2.05) is 37.3 Å². The van der Waals surface area contributed by atoms with Gasteiger partial charge in [-0.25, -0.2) is 0 Å². The monoisotopic (exact) mass is 345 g/mol. The van der Waals surface area contributed by atoms with Crippen molar-refractivity contribution in [3.05, 3.63) is 42.2 Å². The zero-order valence-electron chi connectivity index (χ0n) is 13.6. The molecule has 1 aromatic carbocycles. The first-order valence-electron chi connectivity index (χ1n) is 7.77. The Kier molecular flexibility index (Phi) is 4.89. The van der Waals surface area contributed by atoms with E-state index in [-0.39, 0.29) is 17.6 Å².